The molecule has 0 atom stereocenters. The maximum Gasteiger partial charge on any atom is 0.0978 e. The summed E-state index contributed by atoms with van der Waals surface area (Å²) >= 11 is 0. The molecule has 74 valence electrons. The van der Waals surface area contributed by atoms with Crippen LogP contribution in [-0.4, -0.2) is 11.2 Å². The Hall–Kier alpha value is -1.08. The van der Waals surface area contributed by atoms with Crippen LogP contribution in [0.2, 0.25) is 0 Å². The summed E-state index contributed by atoms with van der Waals surface area (Å²) in [5.41, 5.74) is 4.79. The van der Waals surface area contributed by atoms with Crippen LogP contribution < -0.4 is 0 Å². The van der Waals surface area contributed by atoms with E-state index in [2.05, 4.69) is 38.2 Å². The van der Waals surface area contributed by atoms with E-state index in [1.54, 1.807) is 0 Å². The third kappa shape index (κ3) is 1.48. The summed E-state index contributed by atoms with van der Waals surface area (Å²) in [6, 6.07) is 0. The van der Waals surface area contributed by atoms with Gasteiger partial charge < -0.3 is 5.11 Å². The van der Waals surface area contributed by atoms with Crippen LogP contribution in [0.5, 0.6) is 0 Å². The minimum absolute atomic E-state index is 0.361. The number of aliphatic hydroxyl groups is 1. The second kappa shape index (κ2) is 3.58. The maximum absolute atomic E-state index is 10.2. The molecule has 0 aromatic rings. The number of hydrogen-bond donors (Lipinski definition) is 1. The first-order chi connectivity index (χ1) is 6.70. The van der Waals surface area contributed by atoms with Gasteiger partial charge in [0.25, 0.3) is 0 Å². The molecule has 2 aliphatic rings. The van der Waals surface area contributed by atoms with Crippen molar-refractivity contribution < 1.29 is 5.11 Å². The van der Waals surface area contributed by atoms with Gasteiger partial charge in [0.15, 0.2) is 0 Å². The monoisotopic (exact) mass is 188 g/mol. The molecule has 0 aromatic carbocycles. The zero-order valence-corrected chi connectivity index (χ0v) is 8.75. The molecule has 1 N–H and O–H groups in total. The Balaban J connectivity index is 2.22. The summed E-state index contributed by atoms with van der Waals surface area (Å²) in [4.78, 5) is 0. The largest absolute Gasteiger partial charge is 0.384 e. The van der Waals surface area contributed by atoms with Crippen LogP contribution in [0.15, 0.2) is 46.6 Å². The van der Waals surface area contributed by atoms with E-state index in [-0.39, 0.29) is 6.10 Å². The molecule has 0 aliphatic heterocycles. The van der Waals surface area contributed by atoms with Gasteiger partial charge in [-0.2, -0.15) is 0 Å². The van der Waals surface area contributed by atoms with Crippen LogP contribution in [0.3, 0.4) is 0 Å². The summed E-state index contributed by atoms with van der Waals surface area (Å²) in [7, 11) is 0. The zero-order valence-electron chi connectivity index (χ0n) is 8.75. The van der Waals surface area contributed by atoms with Crippen molar-refractivity contribution in [2.45, 2.75) is 32.8 Å². The fraction of sp³-hybridized carbons (Fsp3) is 0.385. The first-order valence-corrected chi connectivity index (χ1v) is 5.10. The molecule has 2 rings (SSSR count). The smallest absolute Gasteiger partial charge is 0.0978 e. The summed E-state index contributed by atoms with van der Waals surface area (Å²) in [5.74, 6) is 0. The van der Waals surface area contributed by atoms with Crippen LogP contribution in [0.1, 0.15) is 26.7 Å². The quantitative estimate of drug-likeness (QED) is 0.706. The average Bonchev–Trinajstić information content (AvgIpc) is 2.73. The van der Waals surface area contributed by atoms with Crippen molar-refractivity contribution in [3.8, 4) is 0 Å². The van der Waals surface area contributed by atoms with Gasteiger partial charge in [-0.25, -0.2) is 0 Å². The second-order valence-electron chi connectivity index (χ2n) is 4.03. The van der Waals surface area contributed by atoms with Crippen LogP contribution in [0, 0.1) is 0 Å². The third-order valence-electron chi connectivity index (χ3n) is 3.08. The first kappa shape index (κ1) is 9.47. The zero-order chi connectivity index (χ0) is 10.1. The Morgan fingerprint density at radius 2 is 1.43 bits per heavy atom. The van der Waals surface area contributed by atoms with Crippen molar-refractivity contribution in [3.05, 3.63) is 46.6 Å². The molecule has 0 fully saturated rings. The Kier molecular flexibility index (Phi) is 2.42. The van der Waals surface area contributed by atoms with Crippen LogP contribution in [0.4, 0.5) is 0 Å². The SMILES string of the molecule is CC1=C(C(O)C2=C(C)C=CC2)CC=C1. The molecule has 2 aliphatic carbocycles. The van der Waals surface area contributed by atoms with Crippen LogP contribution >= 0.6 is 0 Å². The van der Waals surface area contributed by atoms with Gasteiger partial charge in [-0.3, -0.25) is 0 Å². The summed E-state index contributed by atoms with van der Waals surface area (Å²) in [5, 5.41) is 10.2. The first-order valence-electron chi connectivity index (χ1n) is 5.10. The molecule has 0 saturated carbocycles. The lowest BCUT2D eigenvalue weighted by Gasteiger charge is -2.16. The van der Waals surface area contributed by atoms with Crippen molar-refractivity contribution in [1.29, 1.82) is 0 Å². The number of aliphatic hydroxyl groups excluding tert-OH is 1. The van der Waals surface area contributed by atoms with Crippen molar-refractivity contribution >= 4 is 0 Å². The van der Waals surface area contributed by atoms with E-state index < -0.39 is 0 Å². The van der Waals surface area contributed by atoms with E-state index >= 15 is 0 Å². The van der Waals surface area contributed by atoms with Crippen molar-refractivity contribution in [3.63, 3.8) is 0 Å². The minimum atomic E-state index is -0.361. The lowest BCUT2D eigenvalue weighted by atomic mass is 9.95. The van der Waals surface area contributed by atoms with Gasteiger partial charge in [-0.1, -0.05) is 24.3 Å². The maximum atomic E-state index is 10.2. The topological polar surface area (TPSA) is 20.2 Å². The molecule has 0 bridgehead atoms. The fourth-order valence-electron chi connectivity index (χ4n) is 2.13. The van der Waals surface area contributed by atoms with E-state index in [1.165, 1.54) is 22.3 Å². The molecule has 0 radical (unpaired) electrons. The number of allylic oxidation sites excluding steroid dienone is 6. The molecular formula is C13H16O. The van der Waals surface area contributed by atoms with Crippen LogP contribution in [0.25, 0.3) is 0 Å². The molecular weight excluding hydrogens is 172 g/mol. The van der Waals surface area contributed by atoms with Gasteiger partial charge in [0.1, 0.15) is 0 Å². The van der Waals surface area contributed by atoms with Gasteiger partial charge in [0.05, 0.1) is 6.10 Å². The predicted octanol–water partition coefficient (Wildman–Crippen LogP) is 2.90. The van der Waals surface area contributed by atoms with E-state index in [1.807, 2.05) is 0 Å². The highest BCUT2D eigenvalue weighted by Gasteiger charge is 2.21. The summed E-state index contributed by atoms with van der Waals surface area (Å²) < 4.78 is 0. The minimum Gasteiger partial charge on any atom is -0.384 e. The van der Waals surface area contributed by atoms with Gasteiger partial charge in [-0.05, 0) is 49.0 Å². The van der Waals surface area contributed by atoms with E-state index in [9.17, 15) is 5.11 Å². The molecule has 0 amide bonds. The van der Waals surface area contributed by atoms with Crippen molar-refractivity contribution in [2.75, 3.05) is 0 Å². The van der Waals surface area contributed by atoms with Gasteiger partial charge in [0, 0.05) is 0 Å². The molecule has 14 heavy (non-hydrogen) atoms. The van der Waals surface area contributed by atoms with E-state index in [0.29, 0.717) is 0 Å². The fourth-order valence-corrected chi connectivity index (χ4v) is 2.13. The van der Waals surface area contributed by atoms with E-state index in [4.69, 9.17) is 0 Å². The Labute approximate surface area is 85.1 Å². The summed E-state index contributed by atoms with van der Waals surface area (Å²) in [6.45, 7) is 4.14. The lowest BCUT2D eigenvalue weighted by Crippen LogP contribution is -2.13. The highest BCUT2D eigenvalue weighted by Crippen LogP contribution is 2.31. The van der Waals surface area contributed by atoms with Crippen molar-refractivity contribution in [2.24, 2.45) is 0 Å². The standard InChI is InChI=1S/C13H16O/c1-9-5-3-7-11(9)13(14)12-8-4-6-10(12)2/h3-6,13-14H,7-8H2,1-2H3. The van der Waals surface area contributed by atoms with Gasteiger partial charge in [0.2, 0.25) is 0 Å². The molecule has 1 nitrogen and oxygen atoms in total. The lowest BCUT2D eigenvalue weighted by molar-refractivity contribution is 0.241. The normalized spacial score (nSPS) is 20.9. The second-order valence-corrected chi connectivity index (χ2v) is 4.03. The third-order valence-corrected chi connectivity index (χ3v) is 3.08. The Bertz CT molecular complexity index is 331. The van der Waals surface area contributed by atoms with Gasteiger partial charge >= 0.3 is 0 Å². The van der Waals surface area contributed by atoms with E-state index in [0.717, 1.165) is 12.8 Å². The highest BCUT2D eigenvalue weighted by molar-refractivity contribution is 5.44. The number of rotatable bonds is 2. The summed E-state index contributed by atoms with van der Waals surface area (Å²) in [6.07, 6.45) is 9.87. The average molecular weight is 188 g/mol. The number of hydrogen-bond acceptors (Lipinski definition) is 1. The van der Waals surface area contributed by atoms with Gasteiger partial charge in [-0.15, -0.1) is 0 Å². The van der Waals surface area contributed by atoms with Crippen molar-refractivity contribution in [1.82, 2.24) is 0 Å². The molecule has 0 aromatic heterocycles. The molecule has 0 spiro atoms. The molecule has 0 saturated heterocycles. The Morgan fingerprint density at radius 1 is 1.00 bits per heavy atom. The molecule has 1 heteroatoms. The highest BCUT2D eigenvalue weighted by atomic mass is 16.3. The Morgan fingerprint density at radius 3 is 1.71 bits per heavy atom. The molecule has 0 unspecified atom stereocenters. The molecule has 0 heterocycles. The predicted molar refractivity (Wildman–Crippen MR) is 58.9 cm³/mol. The van der Waals surface area contributed by atoms with Crippen LogP contribution in [-0.2, 0) is 0 Å².